The van der Waals surface area contributed by atoms with Gasteiger partial charge in [0.1, 0.15) is 6.54 Å². The van der Waals surface area contributed by atoms with Crippen LogP contribution >= 0.6 is 11.3 Å². The van der Waals surface area contributed by atoms with Gasteiger partial charge in [-0.3, -0.25) is 4.79 Å². The van der Waals surface area contributed by atoms with Gasteiger partial charge in [-0.05, 0) is 30.0 Å². The molecular weight excluding hydrogens is 306 g/mol. The number of para-hydroxylation sites is 2. The van der Waals surface area contributed by atoms with Crippen LogP contribution in [-0.2, 0) is 11.3 Å². The third-order valence-corrected chi connectivity index (χ3v) is 4.83. The predicted molar refractivity (Wildman–Crippen MR) is 95.6 cm³/mol. The van der Waals surface area contributed by atoms with Crippen molar-refractivity contribution in [2.75, 3.05) is 13.6 Å². The second-order valence-electron chi connectivity index (χ2n) is 5.66. The predicted octanol–water partition coefficient (Wildman–Crippen LogP) is 4.02. The van der Waals surface area contributed by atoms with Crippen molar-refractivity contribution in [3.05, 3.63) is 41.8 Å². The molecule has 120 valence electrons. The Hall–Kier alpha value is -2.14. The summed E-state index contributed by atoms with van der Waals surface area (Å²) in [5, 5.41) is 2.04. The van der Waals surface area contributed by atoms with E-state index in [4.69, 9.17) is 4.98 Å². The zero-order valence-corrected chi connectivity index (χ0v) is 14.3. The quantitative estimate of drug-likeness (QED) is 0.686. The normalized spacial score (nSPS) is 11.0. The number of likely N-dealkylation sites (N-methyl/N-ethyl adjacent to an activating group) is 1. The second-order valence-corrected chi connectivity index (χ2v) is 6.60. The van der Waals surface area contributed by atoms with Crippen molar-refractivity contribution in [3.63, 3.8) is 0 Å². The number of imidazole rings is 1. The minimum Gasteiger partial charge on any atom is -0.344 e. The number of carbonyl (C=O) groups excluding carboxylic acids is 1. The first-order valence-corrected chi connectivity index (χ1v) is 8.81. The molecule has 3 rings (SSSR count). The average Bonchev–Trinajstić information content (AvgIpc) is 3.20. The fourth-order valence-electron chi connectivity index (χ4n) is 2.61. The molecule has 0 saturated carbocycles. The molecule has 3 aromatic rings. The lowest BCUT2D eigenvalue weighted by Crippen LogP contribution is -2.31. The SMILES string of the molecule is CCCCN(C)C(=O)Cn1c(-c2cccs2)nc2ccccc21. The van der Waals surface area contributed by atoms with Gasteiger partial charge in [-0.15, -0.1) is 11.3 Å². The molecule has 1 aromatic carbocycles. The van der Waals surface area contributed by atoms with E-state index in [1.54, 1.807) is 11.3 Å². The lowest BCUT2D eigenvalue weighted by molar-refractivity contribution is -0.130. The van der Waals surface area contributed by atoms with Gasteiger partial charge in [0, 0.05) is 13.6 Å². The summed E-state index contributed by atoms with van der Waals surface area (Å²) in [6.07, 6.45) is 2.12. The minimum atomic E-state index is 0.124. The Morgan fingerprint density at radius 3 is 2.83 bits per heavy atom. The van der Waals surface area contributed by atoms with Crippen LogP contribution in [0, 0.1) is 0 Å². The van der Waals surface area contributed by atoms with Gasteiger partial charge in [0.05, 0.1) is 15.9 Å². The van der Waals surface area contributed by atoms with E-state index in [-0.39, 0.29) is 5.91 Å². The number of hydrogen-bond donors (Lipinski definition) is 0. The second kappa shape index (κ2) is 6.96. The molecule has 2 heterocycles. The number of hydrogen-bond acceptors (Lipinski definition) is 3. The summed E-state index contributed by atoms with van der Waals surface area (Å²) >= 11 is 1.65. The Balaban J connectivity index is 1.95. The molecule has 0 aliphatic rings. The fraction of sp³-hybridized carbons (Fsp3) is 0.333. The number of nitrogens with zero attached hydrogens (tertiary/aromatic N) is 3. The minimum absolute atomic E-state index is 0.124. The molecule has 5 heteroatoms. The summed E-state index contributed by atoms with van der Waals surface area (Å²) in [5.41, 5.74) is 1.94. The zero-order valence-electron chi connectivity index (χ0n) is 13.5. The lowest BCUT2D eigenvalue weighted by atomic mass is 10.3. The molecule has 0 bridgehead atoms. The molecule has 1 amide bonds. The maximum Gasteiger partial charge on any atom is 0.242 e. The van der Waals surface area contributed by atoms with Gasteiger partial charge in [-0.2, -0.15) is 0 Å². The highest BCUT2D eigenvalue weighted by molar-refractivity contribution is 7.13. The summed E-state index contributed by atoms with van der Waals surface area (Å²) in [5.74, 6) is 0.998. The highest BCUT2D eigenvalue weighted by Gasteiger charge is 2.17. The number of amides is 1. The molecule has 23 heavy (non-hydrogen) atoms. The van der Waals surface area contributed by atoms with E-state index in [0.717, 1.165) is 41.1 Å². The van der Waals surface area contributed by atoms with Crippen molar-refractivity contribution in [1.29, 1.82) is 0 Å². The Labute approximate surface area is 140 Å². The molecular formula is C18H21N3OS. The number of rotatable bonds is 6. The Morgan fingerprint density at radius 1 is 1.26 bits per heavy atom. The molecule has 0 radical (unpaired) electrons. The van der Waals surface area contributed by atoms with Gasteiger partial charge in [0.15, 0.2) is 5.82 Å². The first kappa shape index (κ1) is 15.7. The van der Waals surface area contributed by atoms with Crippen molar-refractivity contribution in [1.82, 2.24) is 14.5 Å². The number of fused-ring (bicyclic) bond motifs is 1. The maximum atomic E-state index is 12.6. The summed E-state index contributed by atoms with van der Waals surface area (Å²) in [6, 6.07) is 12.1. The lowest BCUT2D eigenvalue weighted by Gasteiger charge is -2.18. The van der Waals surface area contributed by atoms with Gasteiger partial charge >= 0.3 is 0 Å². The van der Waals surface area contributed by atoms with Crippen molar-refractivity contribution in [3.8, 4) is 10.7 Å². The number of unbranched alkanes of at least 4 members (excludes halogenated alkanes) is 1. The average molecular weight is 327 g/mol. The van der Waals surface area contributed by atoms with Crippen LogP contribution in [0.15, 0.2) is 41.8 Å². The molecule has 0 saturated heterocycles. The van der Waals surface area contributed by atoms with Crippen LogP contribution < -0.4 is 0 Å². The van der Waals surface area contributed by atoms with Crippen LogP contribution in [0.4, 0.5) is 0 Å². The van der Waals surface area contributed by atoms with Gasteiger partial charge in [0.2, 0.25) is 5.91 Å². The van der Waals surface area contributed by atoms with E-state index in [2.05, 4.69) is 6.92 Å². The van der Waals surface area contributed by atoms with Crippen molar-refractivity contribution < 1.29 is 4.79 Å². The molecule has 0 aliphatic carbocycles. The molecule has 0 aliphatic heterocycles. The first-order chi connectivity index (χ1) is 11.2. The largest absolute Gasteiger partial charge is 0.344 e. The fourth-order valence-corrected chi connectivity index (χ4v) is 3.33. The third-order valence-electron chi connectivity index (χ3n) is 3.96. The summed E-state index contributed by atoms with van der Waals surface area (Å²) < 4.78 is 2.03. The molecule has 4 nitrogen and oxygen atoms in total. The van der Waals surface area contributed by atoms with Crippen LogP contribution in [0.2, 0.25) is 0 Å². The van der Waals surface area contributed by atoms with Gasteiger partial charge in [-0.1, -0.05) is 31.5 Å². The van der Waals surface area contributed by atoms with E-state index < -0.39 is 0 Å². The van der Waals surface area contributed by atoms with E-state index in [1.165, 1.54) is 0 Å². The van der Waals surface area contributed by atoms with Gasteiger partial charge < -0.3 is 9.47 Å². The zero-order chi connectivity index (χ0) is 16.2. The third kappa shape index (κ3) is 3.29. The van der Waals surface area contributed by atoms with Crippen LogP contribution in [0.1, 0.15) is 19.8 Å². The number of aromatic nitrogens is 2. The van der Waals surface area contributed by atoms with Gasteiger partial charge in [0.25, 0.3) is 0 Å². The smallest absolute Gasteiger partial charge is 0.242 e. The van der Waals surface area contributed by atoms with Crippen LogP contribution in [0.25, 0.3) is 21.7 Å². The molecule has 0 unspecified atom stereocenters. The Bertz CT molecular complexity index is 792. The number of carbonyl (C=O) groups is 1. The van der Waals surface area contributed by atoms with E-state index >= 15 is 0 Å². The van der Waals surface area contributed by atoms with Crippen molar-refractivity contribution in [2.45, 2.75) is 26.3 Å². The van der Waals surface area contributed by atoms with Crippen molar-refractivity contribution in [2.24, 2.45) is 0 Å². The van der Waals surface area contributed by atoms with Gasteiger partial charge in [-0.25, -0.2) is 4.98 Å². The Morgan fingerprint density at radius 2 is 2.09 bits per heavy atom. The van der Waals surface area contributed by atoms with Crippen molar-refractivity contribution >= 4 is 28.3 Å². The molecule has 0 atom stereocenters. The maximum absolute atomic E-state index is 12.6. The molecule has 0 spiro atoms. The topological polar surface area (TPSA) is 38.1 Å². The number of benzene rings is 1. The first-order valence-electron chi connectivity index (χ1n) is 7.94. The summed E-state index contributed by atoms with van der Waals surface area (Å²) in [4.78, 5) is 20.2. The summed E-state index contributed by atoms with van der Waals surface area (Å²) in [7, 11) is 1.88. The van der Waals surface area contributed by atoms with Crippen LogP contribution in [0.5, 0.6) is 0 Å². The molecule has 2 aromatic heterocycles. The van der Waals surface area contributed by atoms with Crippen LogP contribution in [0.3, 0.4) is 0 Å². The Kier molecular flexibility index (Phi) is 4.76. The monoisotopic (exact) mass is 327 g/mol. The standard InChI is InChI=1S/C18H21N3OS/c1-3-4-11-20(2)17(22)13-21-15-9-6-5-8-14(15)19-18(21)16-10-7-12-23-16/h5-10,12H,3-4,11,13H2,1-2H3. The van der Waals surface area contributed by atoms with E-state index in [1.807, 2.05) is 58.3 Å². The molecule has 0 N–H and O–H groups in total. The van der Waals surface area contributed by atoms with E-state index in [0.29, 0.717) is 6.54 Å². The molecule has 0 fully saturated rings. The highest BCUT2D eigenvalue weighted by atomic mass is 32.1. The summed E-state index contributed by atoms with van der Waals surface area (Å²) in [6.45, 7) is 3.26. The number of thiophene rings is 1. The highest BCUT2D eigenvalue weighted by Crippen LogP contribution is 2.28. The van der Waals surface area contributed by atoms with Crippen LogP contribution in [-0.4, -0.2) is 34.0 Å². The van der Waals surface area contributed by atoms with E-state index in [9.17, 15) is 4.79 Å².